The summed E-state index contributed by atoms with van der Waals surface area (Å²) in [4.78, 5) is 25.2. The van der Waals surface area contributed by atoms with Gasteiger partial charge in [0.2, 0.25) is 0 Å². The molecule has 0 bridgehead atoms. The SMILES string of the molecule is O=C([O-])[C@@H](Cc1ccc(O)cc1)N1Cc2ccccc2C1=O. The van der Waals surface area contributed by atoms with Gasteiger partial charge in [0.05, 0.1) is 12.0 Å². The molecule has 0 aliphatic carbocycles. The van der Waals surface area contributed by atoms with E-state index in [4.69, 9.17) is 0 Å². The predicted octanol–water partition coefficient (Wildman–Crippen LogP) is 0.709. The summed E-state index contributed by atoms with van der Waals surface area (Å²) in [6, 6.07) is 12.3. The van der Waals surface area contributed by atoms with Gasteiger partial charge in [0.25, 0.3) is 5.91 Å². The van der Waals surface area contributed by atoms with Crippen LogP contribution in [0.15, 0.2) is 48.5 Å². The van der Waals surface area contributed by atoms with Crippen molar-refractivity contribution in [3.8, 4) is 5.75 Å². The number of phenolic OH excluding ortho intramolecular Hbond substituents is 1. The molecule has 2 aromatic carbocycles. The third kappa shape index (κ3) is 2.53. The summed E-state index contributed by atoms with van der Waals surface area (Å²) in [5.74, 6) is -1.46. The summed E-state index contributed by atoms with van der Waals surface area (Å²) < 4.78 is 0. The zero-order chi connectivity index (χ0) is 15.7. The Morgan fingerprint density at radius 3 is 2.50 bits per heavy atom. The van der Waals surface area contributed by atoms with Gasteiger partial charge in [-0.3, -0.25) is 4.79 Å². The monoisotopic (exact) mass is 296 g/mol. The van der Waals surface area contributed by atoms with Gasteiger partial charge in [-0.05, 0) is 35.7 Å². The number of carboxylic acids is 1. The fourth-order valence-corrected chi connectivity index (χ4v) is 2.70. The Morgan fingerprint density at radius 1 is 1.18 bits per heavy atom. The molecule has 0 fully saturated rings. The van der Waals surface area contributed by atoms with Crippen LogP contribution < -0.4 is 5.11 Å². The molecule has 1 N–H and O–H groups in total. The highest BCUT2D eigenvalue weighted by molar-refractivity contribution is 6.00. The number of phenols is 1. The van der Waals surface area contributed by atoms with E-state index in [0.717, 1.165) is 11.1 Å². The van der Waals surface area contributed by atoms with Gasteiger partial charge < -0.3 is 19.9 Å². The van der Waals surface area contributed by atoms with Crippen molar-refractivity contribution in [2.45, 2.75) is 19.0 Å². The number of carbonyl (C=O) groups is 2. The number of nitrogens with zero attached hydrogens (tertiary/aromatic N) is 1. The van der Waals surface area contributed by atoms with Crippen molar-refractivity contribution < 1.29 is 19.8 Å². The number of carboxylic acid groups (broad SMARTS) is 1. The minimum atomic E-state index is -1.28. The summed E-state index contributed by atoms with van der Waals surface area (Å²) in [6.45, 7) is 0.270. The molecule has 1 aliphatic rings. The lowest BCUT2D eigenvalue weighted by atomic mass is 10.0. The lowest BCUT2D eigenvalue weighted by molar-refractivity contribution is -0.311. The molecule has 2 aromatic rings. The van der Waals surface area contributed by atoms with Crippen molar-refractivity contribution in [2.75, 3.05) is 0 Å². The summed E-state index contributed by atoms with van der Waals surface area (Å²) >= 11 is 0. The first-order valence-corrected chi connectivity index (χ1v) is 6.94. The van der Waals surface area contributed by atoms with Gasteiger partial charge in [-0.25, -0.2) is 0 Å². The molecule has 0 aromatic heterocycles. The largest absolute Gasteiger partial charge is 0.548 e. The molecule has 0 saturated heterocycles. The Labute approximate surface area is 127 Å². The average Bonchev–Trinajstić information content (AvgIpc) is 2.84. The van der Waals surface area contributed by atoms with E-state index in [1.807, 2.05) is 12.1 Å². The average molecular weight is 296 g/mol. The van der Waals surface area contributed by atoms with E-state index in [9.17, 15) is 19.8 Å². The molecule has 1 heterocycles. The molecule has 0 radical (unpaired) electrons. The number of carbonyl (C=O) groups excluding carboxylic acids is 2. The number of fused-ring (bicyclic) bond motifs is 1. The van der Waals surface area contributed by atoms with E-state index in [2.05, 4.69) is 0 Å². The van der Waals surface area contributed by atoms with Gasteiger partial charge >= 0.3 is 0 Å². The van der Waals surface area contributed by atoms with Gasteiger partial charge in [-0.1, -0.05) is 30.3 Å². The Hall–Kier alpha value is -2.82. The van der Waals surface area contributed by atoms with Crippen LogP contribution in [0.3, 0.4) is 0 Å². The highest BCUT2D eigenvalue weighted by Crippen LogP contribution is 2.25. The molecule has 5 nitrogen and oxygen atoms in total. The molecule has 1 atom stereocenters. The summed E-state index contributed by atoms with van der Waals surface area (Å²) in [5, 5.41) is 20.8. The van der Waals surface area contributed by atoms with E-state index in [0.29, 0.717) is 5.56 Å². The van der Waals surface area contributed by atoms with Crippen molar-refractivity contribution >= 4 is 11.9 Å². The maximum absolute atomic E-state index is 12.4. The Kier molecular flexibility index (Phi) is 3.55. The van der Waals surface area contributed by atoms with Crippen molar-refractivity contribution in [3.05, 3.63) is 65.2 Å². The molecular weight excluding hydrogens is 282 g/mol. The number of hydrogen-bond donors (Lipinski definition) is 1. The number of aromatic hydroxyl groups is 1. The second-order valence-corrected chi connectivity index (χ2v) is 5.30. The third-order valence-electron chi connectivity index (χ3n) is 3.86. The van der Waals surface area contributed by atoms with Crippen LogP contribution in [0.4, 0.5) is 0 Å². The number of aliphatic carboxylic acids is 1. The summed E-state index contributed by atoms with van der Waals surface area (Å²) in [5.41, 5.74) is 2.08. The smallest absolute Gasteiger partial charge is 0.255 e. The van der Waals surface area contributed by atoms with Gasteiger partial charge in [-0.2, -0.15) is 0 Å². The van der Waals surface area contributed by atoms with Gasteiger partial charge in [0.1, 0.15) is 5.75 Å². The molecule has 1 aliphatic heterocycles. The Morgan fingerprint density at radius 2 is 1.86 bits per heavy atom. The fraction of sp³-hybridized carbons (Fsp3) is 0.176. The zero-order valence-corrected chi connectivity index (χ0v) is 11.7. The molecule has 0 spiro atoms. The molecule has 112 valence electrons. The van der Waals surface area contributed by atoms with Crippen LogP contribution in [0.1, 0.15) is 21.5 Å². The van der Waals surface area contributed by atoms with Crippen molar-refractivity contribution in [1.29, 1.82) is 0 Å². The third-order valence-corrected chi connectivity index (χ3v) is 3.86. The molecule has 22 heavy (non-hydrogen) atoms. The standard InChI is InChI=1S/C17H15NO4/c19-13-7-5-11(6-8-13)9-15(17(21)22)18-10-12-3-1-2-4-14(12)16(18)20/h1-8,15,19H,9-10H2,(H,21,22)/p-1/t15-/m1/s1. The number of hydrogen-bond acceptors (Lipinski definition) is 4. The Bertz CT molecular complexity index is 724. The molecule has 0 unspecified atom stereocenters. The number of benzene rings is 2. The van der Waals surface area contributed by atoms with Crippen molar-refractivity contribution in [2.24, 2.45) is 0 Å². The second kappa shape index (κ2) is 5.52. The highest BCUT2D eigenvalue weighted by Gasteiger charge is 2.33. The van der Waals surface area contributed by atoms with Crippen LogP contribution in [-0.2, 0) is 17.8 Å². The van der Waals surface area contributed by atoms with Crippen LogP contribution in [0.5, 0.6) is 5.75 Å². The van der Waals surface area contributed by atoms with E-state index >= 15 is 0 Å². The molecular formula is C17H14NO4-. The highest BCUT2D eigenvalue weighted by atomic mass is 16.4. The van der Waals surface area contributed by atoms with E-state index < -0.39 is 12.0 Å². The predicted molar refractivity (Wildman–Crippen MR) is 76.9 cm³/mol. The second-order valence-electron chi connectivity index (χ2n) is 5.30. The van der Waals surface area contributed by atoms with Crippen LogP contribution in [0, 0.1) is 0 Å². The van der Waals surface area contributed by atoms with E-state index in [1.165, 1.54) is 17.0 Å². The molecule has 0 saturated carbocycles. The maximum Gasteiger partial charge on any atom is 0.255 e. The quantitative estimate of drug-likeness (QED) is 0.901. The van der Waals surface area contributed by atoms with Gasteiger partial charge in [-0.15, -0.1) is 0 Å². The fourth-order valence-electron chi connectivity index (χ4n) is 2.70. The zero-order valence-electron chi connectivity index (χ0n) is 11.7. The van der Waals surface area contributed by atoms with Gasteiger partial charge in [0, 0.05) is 12.1 Å². The summed E-state index contributed by atoms with van der Waals surface area (Å²) in [7, 11) is 0. The number of rotatable bonds is 4. The van der Waals surface area contributed by atoms with E-state index in [-0.39, 0.29) is 24.6 Å². The maximum atomic E-state index is 12.4. The van der Waals surface area contributed by atoms with Crippen LogP contribution >= 0.6 is 0 Å². The Balaban J connectivity index is 1.85. The first kappa shape index (κ1) is 14.1. The van der Waals surface area contributed by atoms with Crippen LogP contribution in [-0.4, -0.2) is 27.9 Å². The van der Waals surface area contributed by atoms with Crippen molar-refractivity contribution in [3.63, 3.8) is 0 Å². The van der Waals surface area contributed by atoms with Crippen LogP contribution in [0.2, 0.25) is 0 Å². The lowest BCUT2D eigenvalue weighted by Crippen LogP contribution is -2.49. The minimum absolute atomic E-state index is 0.110. The summed E-state index contributed by atoms with van der Waals surface area (Å²) in [6.07, 6.45) is 0.141. The topological polar surface area (TPSA) is 80.7 Å². The van der Waals surface area contributed by atoms with Crippen LogP contribution in [0.25, 0.3) is 0 Å². The molecule has 1 amide bonds. The first-order chi connectivity index (χ1) is 10.6. The first-order valence-electron chi connectivity index (χ1n) is 6.94. The normalized spacial score (nSPS) is 14.7. The lowest BCUT2D eigenvalue weighted by Gasteiger charge is -2.28. The minimum Gasteiger partial charge on any atom is -0.548 e. The van der Waals surface area contributed by atoms with Gasteiger partial charge in [0.15, 0.2) is 0 Å². The van der Waals surface area contributed by atoms with Crippen molar-refractivity contribution in [1.82, 2.24) is 4.90 Å². The van der Waals surface area contributed by atoms with E-state index in [1.54, 1.807) is 24.3 Å². The number of amides is 1. The molecule has 5 heteroatoms. The molecule has 3 rings (SSSR count).